The van der Waals surface area contributed by atoms with Gasteiger partial charge in [-0.2, -0.15) is 0 Å². The molecule has 0 radical (unpaired) electrons. The smallest absolute Gasteiger partial charge is 0.353 e. The minimum Gasteiger partial charge on any atom is -0.420 e. The first-order chi connectivity index (χ1) is 12.2. The zero-order valence-electron chi connectivity index (χ0n) is 13.3. The van der Waals surface area contributed by atoms with E-state index in [4.69, 9.17) is 4.74 Å². The van der Waals surface area contributed by atoms with Crippen molar-refractivity contribution in [3.05, 3.63) is 58.8 Å². The molecule has 1 saturated heterocycles. The monoisotopic (exact) mass is 353 g/mol. The number of nitrogens with zero attached hydrogens (tertiary/aromatic N) is 1. The SMILES string of the molecule is O=C(Oc1ccccc1N1C(=O)[C@@H]2CC=CC[C@H]2C1=O)c1cccs1. The topological polar surface area (TPSA) is 63.7 Å². The number of anilines is 1. The molecule has 1 aromatic heterocycles. The minimum absolute atomic E-state index is 0.217. The Hall–Kier alpha value is -2.73. The third-order valence-electron chi connectivity index (χ3n) is 4.54. The van der Waals surface area contributed by atoms with Crippen molar-refractivity contribution in [1.29, 1.82) is 0 Å². The van der Waals surface area contributed by atoms with Crippen LogP contribution >= 0.6 is 11.3 Å². The van der Waals surface area contributed by atoms with E-state index in [1.807, 2.05) is 12.2 Å². The number of allylic oxidation sites excluding steroid dienone is 2. The van der Waals surface area contributed by atoms with Crippen LogP contribution in [0.3, 0.4) is 0 Å². The Labute approximate surface area is 148 Å². The van der Waals surface area contributed by atoms with Crippen LogP contribution < -0.4 is 9.64 Å². The number of benzene rings is 1. The van der Waals surface area contributed by atoms with E-state index in [0.29, 0.717) is 23.4 Å². The summed E-state index contributed by atoms with van der Waals surface area (Å²) in [6.45, 7) is 0. The number of amides is 2. The van der Waals surface area contributed by atoms with Gasteiger partial charge in [0.05, 0.1) is 17.5 Å². The van der Waals surface area contributed by atoms with Crippen LogP contribution in [0.2, 0.25) is 0 Å². The second kappa shape index (κ2) is 6.29. The average Bonchev–Trinajstić information content (AvgIpc) is 3.25. The van der Waals surface area contributed by atoms with Gasteiger partial charge in [-0.25, -0.2) is 9.69 Å². The van der Waals surface area contributed by atoms with Crippen LogP contribution in [0.1, 0.15) is 22.5 Å². The van der Waals surface area contributed by atoms with Crippen molar-refractivity contribution in [2.45, 2.75) is 12.8 Å². The van der Waals surface area contributed by atoms with E-state index in [0.717, 1.165) is 0 Å². The van der Waals surface area contributed by atoms with Crippen molar-refractivity contribution in [3.8, 4) is 5.75 Å². The van der Waals surface area contributed by atoms with Gasteiger partial charge in [-0.1, -0.05) is 30.4 Å². The molecule has 0 bridgehead atoms. The summed E-state index contributed by atoms with van der Waals surface area (Å²) in [4.78, 5) is 39.4. The molecule has 0 unspecified atom stereocenters. The minimum atomic E-state index is -0.499. The molecule has 1 aliphatic heterocycles. The Morgan fingerprint density at radius 2 is 1.68 bits per heavy atom. The van der Waals surface area contributed by atoms with E-state index in [1.165, 1.54) is 16.2 Å². The van der Waals surface area contributed by atoms with Gasteiger partial charge in [-0.15, -0.1) is 11.3 Å². The van der Waals surface area contributed by atoms with Gasteiger partial charge in [0.25, 0.3) is 0 Å². The summed E-state index contributed by atoms with van der Waals surface area (Å²) >= 11 is 1.28. The lowest BCUT2D eigenvalue weighted by Crippen LogP contribution is -2.31. The number of hydrogen-bond donors (Lipinski definition) is 0. The molecule has 2 aliphatic rings. The standard InChI is InChI=1S/C19H15NO4S/c21-17-12-6-1-2-7-13(12)18(22)20(17)14-8-3-4-9-15(14)24-19(23)16-10-5-11-25-16/h1-5,8-13H,6-7H2/t12-,13-/m1/s1. The normalized spacial score (nSPS) is 22.2. The zero-order valence-corrected chi connectivity index (χ0v) is 14.1. The lowest BCUT2D eigenvalue weighted by molar-refractivity contribution is -0.122. The maximum Gasteiger partial charge on any atom is 0.353 e. The number of carbonyl (C=O) groups is 3. The number of fused-ring (bicyclic) bond motifs is 1. The number of thiophene rings is 1. The highest BCUT2D eigenvalue weighted by atomic mass is 32.1. The second-order valence-corrected chi connectivity index (χ2v) is 6.95. The van der Waals surface area contributed by atoms with Crippen LogP contribution in [0.4, 0.5) is 5.69 Å². The number of esters is 1. The summed E-state index contributed by atoms with van der Waals surface area (Å²) < 4.78 is 5.46. The van der Waals surface area contributed by atoms with Gasteiger partial charge < -0.3 is 4.74 Å². The predicted octanol–water partition coefficient (Wildman–Crippen LogP) is 3.42. The molecule has 1 fully saturated rings. The van der Waals surface area contributed by atoms with Gasteiger partial charge in [-0.3, -0.25) is 9.59 Å². The first-order valence-corrected chi connectivity index (χ1v) is 8.92. The Balaban J connectivity index is 1.66. The third kappa shape index (κ3) is 2.68. The third-order valence-corrected chi connectivity index (χ3v) is 5.39. The molecule has 2 aromatic rings. The van der Waals surface area contributed by atoms with Crippen molar-refractivity contribution in [2.24, 2.45) is 11.8 Å². The van der Waals surface area contributed by atoms with E-state index in [2.05, 4.69) is 0 Å². The van der Waals surface area contributed by atoms with E-state index in [-0.39, 0.29) is 29.4 Å². The largest absolute Gasteiger partial charge is 0.420 e. The van der Waals surface area contributed by atoms with E-state index >= 15 is 0 Å². The summed E-state index contributed by atoms with van der Waals surface area (Å²) in [6.07, 6.45) is 5.03. The molecule has 4 rings (SSSR count). The molecule has 2 atom stereocenters. The molecule has 5 nitrogen and oxygen atoms in total. The van der Waals surface area contributed by atoms with Crippen LogP contribution in [0.15, 0.2) is 53.9 Å². The highest BCUT2D eigenvalue weighted by molar-refractivity contribution is 7.12. The summed E-state index contributed by atoms with van der Waals surface area (Å²) in [6, 6.07) is 10.1. The molecule has 0 N–H and O–H groups in total. The van der Waals surface area contributed by atoms with Crippen LogP contribution in [-0.2, 0) is 9.59 Å². The predicted molar refractivity (Wildman–Crippen MR) is 93.6 cm³/mol. The Kier molecular flexibility index (Phi) is 3.97. The summed E-state index contributed by atoms with van der Waals surface area (Å²) in [5.74, 6) is -1.37. The second-order valence-electron chi connectivity index (χ2n) is 6.00. The summed E-state index contributed by atoms with van der Waals surface area (Å²) in [5, 5.41) is 1.79. The Morgan fingerprint density at radius 1 is 1.00 bits per heavy atom. The number of para-hydroxylation sites is 2. The summed E-state index contributed by atoms with van der Waals surface area (Å²) in [5.41, 5.74) is 0.330. The maximum atomic E-state index is 12.8. The zero-order chi connectivity index (χ0) is 17.4. The fourth-order valence-corrected chi connectivity index (χ4v) is 3.91. The van der Waals surface area contributed by atoms with E-state index in [9.17, 15) is 14.4 Å². The molecule has 25 heavy (non-hydrogen) atoms. The quantitative estimate of drug-likeness (QED) is 0.367. The number of hydrogen-bond acceptors (Lipinski definition) is 5. The van der Waals surface area contributed by atoms with E-state index < -0.39 is 5.97 Å². The molecular formula is C19H15NO4S. The molecule has 2 heterocycles. The van der Waals surface area contributed by atoms with Crippen molar-refractivity contribution in [3.63, 3.8) is 0 Å². The van der Waals surface area contributed by atoms with Crippen LogP contribution in [0, 0.1) is 11.8 Å². The maximum absolute atomic E-state index is 12.8. The van der Waals surface area contributed by atoms with Crippen LogP contribution in [-0.4, -0.2) is 17.8 Å². The lowest BCUT2D eigenvalue weighted by Gasteiger charge is -2.18. The van der Waals surface area contributed by atoms with Crippen molar-refractivity contribution in [2.75, 3.05) is 4.90 Å². The Morgan fingerprint density at radius 3 is 2.32 bits per heavy atom. The van der Waals surface area contributed by atoms with Crippen LogP contribution in [0.25, 0.3) is 0 Å². The fourth-order valence-electron chi connectivity index (χ4n) is 3.31. The number of rotatable bonds is 3. The highest BCUT2D eigenvalue weighted by Crippen LogP contribution is 2.40. The van der Waals surface area contributed by atoms with Gasteiger partial charge >= 0.3 is 5.97 Å². The van der Waals surface area contributed by atoms with Gasteiger partial charge in [-0.05, 0) is 36.4 Å². The van der Waals surface area contributed by atoms with Crippen molar-refractivity contribution in [1.82, 2.24) is 0 Å². The van der Waals surface area contributed by atoms with Crippen molar-refractivity contribution < 1.29 is 19.1 Å². The molecule has 6 heteroatoms. The number of carbonyl (C=O) groups excluding carboxylic acids is 3. The molecule has 2 amide bonds. The molecular weight excluding hydrogens is 338 g/mol. The molecule has 0 saturated carbocycles. The molecule has 0 spiro atoms. The van der Waals surface area contributed by atoms with Gasteiger partial charge in [0.1, 0.15) is 4.88 Å². The Bertz CT molecular complexity index is 845. The average molecular weight is 353 g/mol. The lowest BCUT2D eigenvalue weighted by atomic mass is 9.85. The van der Waals surface area contributed by atoms with Gasteiger partial charge in [0.2, 0.25) is 11.8 Å². The van der Waals surface area contributed by atoms with Crippen LogP contribution in [0.5, 0.6) is 5.75 Å². The fraction of sp³-hybridized carbons (Fsp3) is 0.211. The van der Waals surface area contributed by atoms with Crippen molar-refractivity contribution >= 4 is 34.8 Å². The van der Waals surface area contributed by atoms with Gasteiger partial charge in [0, 0.05) is 0 Å². The first-order valence-electron chi connectivity index (χ1n) is 8.04. The van der Waals surface area contributed by atoms with Gasteiger partial charge in [0.15, 0.2) is 5.75 Å². The number of imide groups is 1. The molecule has 1 aromatic carbocycles. The number of ether oxygens (including phenoxy) is 1. The molecule has 1 aliphatic carbocycles. The molecule has 126 valence electrons. The first kappa shape index (κ1) is 15.8. The highest BCUT2D eigenvalue weighted by Gasteiger charge is 2.48. The van der Waals surface area contributed by atoms with E-state index in [1.54, 1.807) is 41.8 Å². The summed E-state index contributed by atoms with van der Waals surface area (Å²) in [7, 11) is 0.